The Morgan fingerprint density at radius 1 is 1.12 bits per heavy atom. The summed E-state index contributed by atoms with van der Waals surface area (Å²) in [6.07, 6.45) is 1.58. The minimum Gasteiger partial charge on any atom is -0.481 e. The molecule has 0 bridgehead atoms. The number of hydrogen-bond donors (Lipinski definition) is 1. The second-order valence-corrected chi connectivity index (χ2v) is 8.96. The standard InChI is InChI=1S/C24H23FN4O4S/c1-2-3-12-29(22(31)18-6-4-5-7-19(18)25)24-27-26-20(34-24)15-8-10-16(11-9-15)21(30)28-13-17(14-28)23(32)33/h4-11,17H,2-3,12-14H2,1H3,(H,32,33). The smallest absolute Gasteiger partial charge is 0.310 e. The summed E-state index contributed by atoms with van der Waals surface area (Å²) in [6, 6.07) is 12.6. The van der Waals surface area contributed by atoms with Crippen molar-refractivity contribution in [3.05, 3.63) is 65.5 Å². The summed E-state index contributed by atoms with van der Waals surface area (Å²) in [5.74, 6) is -2.68. The number of rotatable bonds is 8. The van der Waals surface area contributed by atoms with Crippen molar-refractivity contribution in [2.24, 2.45) is 5.92 Å². The van der Waals surface area contributed by atoms with Crippen LogP contribution in [-0.2, 0) is 4.79 Å². The largest absolute Gasteiger partial charge is 0.481 e. The molecular weight excluding hydrogens is 459 g/mol. The first kappa shape index (κ1) is 23.5. The number of anilines is 1. The first-order valence-corrected chi connectivity index (χ1v) is 11.7. The van der Waals surface area contributed by atoms with E-state index in [0.29, 0.717) is 22.2 Å². The molecule has 10 heteroatoms. The van der Waals surface area contributed by atoms with Crippen LogP contribution in [0.2, 0.25) is 0 Å². The van der Waals surface area contributed by atoms with Crippen LogP contribution in [-0.4, -0.2) is 57.6 Å². The number of aliphatic carboxylic acids is 1. The maximum atomic E-state index is 14.2. The van der Waals surface area contributed by atoms with Gasteiger partial charge in [0, 0.05) is 30.8 Å². The van der Waals surface area contributed by atoms with E-state index in [2.05, 4.69) is 10.2 Å². The molecule has 34 heavy (non-hydrogen) atoms. The molecule has 0 aliphatic carbocycles. The molecule has 1 aromatic heterocycles. The second kappa shape index (κ2) is 10.1. The zero-order valence-corrected chi connectivity index (χ0v) is 19.3. The van der Waals surface area contributed by atoms with Gasteiger partial charge in [0.2, 0.25) is 5.13 Å². The minimum absolute atomic E-state index is 0.0191. The van der Waals surface area contributed by atoms with Crippen LogP contribution in [0.4, 0.5) is 9.52 Å². The van der Waals surface area contributed by atoms with Crippen molar-refractivity contribution in [1.82, 2.24) is 15.1 Å². The third-order valence-electron chi connectivity index (χ3n) is 5.63. The fourth-order valence-corrected chi connectivity index (χ4v) is 4.43. The van der Waals surface area contributed by atoms with E-state index in [4.69, 9.17) is 5.11 Å². The fraction of sp³-hybridized carbons (Fsp3) is 0.292. The Morgan fingerprint density at radius 3 is 2.47 bits per heavy atom. The van der Waals surface area contributed by atoms with Crippen LogP contribution in [0.3, 0.4) is 0 Å². The molecule has 176 valence electrons. The Morgan fingerprint density at radius 2 is 1.82 bits per heavy atom. The van der Waals surface area contributed by atoms with Crippen molar-refractivity contribution >= 4 is 34.3 Å². The minimum atomic E-state index is -0.895. The van der Waals surface area contributed by atoms with Crippen molar-refractivity contribution < 1.29 is 23.9 Å². The fourth-order valence-electron chi connectivity index (χ4n) is 3.56. The van der Waals surface area contributed by atoms with Gasteiger partial charge in [0.25, 0.3) is 11.8 Å². The van der Waals surface area contributed by atoms with E-state index < -0.39 is 23.6 Å². The van der Waals surface area contributed by atoms with Gasteiger partial charge in [-0.25, -0.2) is 4.39 Å². The van der Waals surface area contributed by atoms with Gasteiger partial charge in [-0.2, -0.15) is 0 Å². The van der Waals surface area contributed by atoms with Gasteiger partial charge in [-0.15, -0.1) is 10.2 Å². The first-order valence-electron chi connectivity index (χ1n) is 10.9. The molecule has 3 aromatic rings. The monoisotopic (exact) mass is 482 g/mol. The summed E-state index contributed by atoms with van der Waals surface area (Å²) < 4.78 is 14.2. The topological polar surface area (TPSA) is 104 Å². The molecular formula is C24H23FN4O4S. The number of unbranched alkanes of at least 4 members (excludes halogenated alkanes) is 1. The molecule has 8 nitrogen and oxygen atoms in total. The number of carboxylic acid groups (broad SMARTS) is 1. The lowest BCUT2D eigenvalue weighted by Gasteiger charge is -2.36. The van der Waals surface area contributed by atoms with Crippen molar-refractivity contribution in [2.45, 2.75) is 19.8 Å². The molecule has 0 atom stereocenters. The van der Waals surface area contributed by atoms with Gasteiger partial charge in [0.1, 0.15) is 10.8 Å². The quantitative estimate of drug-likeness (QED) is 0.522. The highest BCUT2D eigenvalue weighted by atomic mass is 32.1. The molecule has 1 N–H and O–H groups in total. The molecule has 0 unspecified atom stereocenters. The van der Waals surface area contributed by atoms with Crippen molar-refractivity contribution in [3.8, 4) is 10.6 Å². The van der Waals surface area contributed by atoms with E-state index in [1.54, 1.807) is 30.3 Å². The third-order valence-corrected chi connectivity index (χ3v) is 6.62. The third kappa shape index (κ3) is 4.81. The molecule has 2 amide bonds. The lowest BCUT2D eigenvalue weighted by Crippen LogP contribution is -2.53. The molecule has 0 saturated carbocycles. The van der Waals surface area contributed by atoms with Crippen molar-refractivity contribution in [3.63, 3.8) is 0 Å². The van der Waals surface area contributed by atoms with E-state index in [-0.39, 0.29) is 24.6 Å². The van der Waals surface area contributed by atoms with E-state index in [9.17, 15) is 18.8 Å². The highest BCUT2D eigenvalue weighted by Crippen LogP contribution is 2.31. The first-order chi connectivity index (χ1) is 16.4. The van der Waals surface area contributed by atoms with Gasteiger partial charge in [-0.05, 0) is 30.7 Å². The lowest BCUT2D eigenvalue weighted by atomic mass is 9.99. The zero-order valence-electron chi connectivity index (χ0n) is 18.5. The van der Waals surface area contributed by atoms with Crippen LogP contribution in [0.25, 0.3) is 10.6 Å². The van der Waals surface area contributed by atoms with Gasteiger partial charge in [0.15, 0.2) is 0 Å². The lowest BCUT2D eigenvalue weighted by molar-refractivity contribution is -0.146. The van der Waals surface area contributed by atoms with E-state index in [1.807, 2.05) is 6.92 Å². The summed E-state index contributed by atoms with van der Waals surface area (Å²) >= 11 is 1.21. The predicted molar refractivity (Wildman–Crippen MR) is 125 cm³/mol. The van der Waals surface area contributed by atoms with Gasteiger partial charge < -0.3 is 10.0 Å². The van der Waals surface area contributed by atoms with E-state index in [1.165, 1.54) is 39.3 Å². The number of aromatic nitrogens is 2. The summed E-state index contributed by atoms with van der Waals surface area (Å²) in [5, 5.41) is 18.3. The number of halogens is 1. The zero-order chi connectivity index (χ0) is 24.2. The molecule has 0 spiro atoms. The average Bonchev–Trinajstić information content (AvgIpc) is 3.28. The van der Waals surface area contributed by atoms with E-state index in [0.717, 1.165) is 18.4 Å². The Balaban J connectivity index is 1.51. The van der Waals surface area contributed by atoms with Crippen LogP contribution in [0.5, 0.6) is 0 Å². The second-order valence-electron chi connectivity index (χ2n) is 8.00. The molecule has 1 fully saturated rings. The van der Waals surface area contributed by atoms with Crippen LogP contribution in [0.1, 0.15) is 40.5 Å². The summed E-state index contributed by atoms with van der Waals surface area (Å²) in [5.41, 5.74) is 1.16. The number of carboxylic acids is 1. The normalized spacial score (nSPS) is 13.4. The maximum absolute atomic E-state index is 14.2. The predicted octanol–water partition coefficient (Wildman–Crippen LogP) is 3.95. The van der Waals surface area contributed by atoms with E-state index >= 15 is 0 Å². The highest BCUT2D eigenvalue weighted by Gasteiger charge is 2.36. The molecule has 1 saturated heterocycles. The molecule has 1 aliphatic heterocycles. The van der Waals surface area contributed by atoms with Gasteiger partial charge in [-0.3, -0.25) is 19.3 Å². The van der Waals surface area contributed by atoms with Gasteiger partial charge >= 0.3 is 5.97 Å². The summed E-state index contributed by atoms with van der Waals surface area (Å²) in [4.78, 5) is 39.4. The van der Waals surface area contributed by atoms with Crippen LogP contribution < -0.4 is 4.90 Å². The Hall–Kier alpha value is -3.66. The molecule has 4 rings (SSSR count). The molecule has 0 radical (unpaired) electrons. The van der Waals surface area contributed by atoms with Gasteiger partial charge in [0.05, 0.1) is 11.5 Å². The summed E-state index contributed by atoms with van der Waals surface area (Å²) in [6.45, 7) is 2.81. The van der Waals surface area contributed by atoms with Gasteiger partial charge in [-0.1, -0.05) is 48.9 Å². The average molecular weight is 483 g/mol. The molecule has 2 heterocycles. The number of hydrogen-bond acceptors (Lipinski definition) is 6. The number of carbonyl (C=O) groups is 3. The Labute approximate surface area is 199 Å². The number of amides is 2. The number of carbonyl (C=O) groups excluding carboxylic acids is 2. The molecule has 1 aliphatic rings. The van der Waals surface area contributed by atoms with Crippen molar-refractivity contribution in [2.75, 3.05) is 24.5 Å². The maximum Gasteiger partial charge on any atom is 0.310 e. The van der Waals surface area contributed by atoms with Crippen LogP contribution >= 0.6 is 11.3 Å². The highest BCUT2D eigenvalue weighted by molar-refractivity contribution is 7.18. The SMILES string of the molecule is CCCCN(C(=O)c1ccccc1F)c1nnc(-c2ccc(C(=O)N3CC(C(=O)O)C3)cc2)s1. The Bertz CT molecular complexity index is 1210. The van der Waals surface area contributed by atoms with Crippen LogP contribution in [0, 0.1) is 11.7 Å². The number of likely N-dealkylation sites (tertiary alicyclic amines) is 1. The Kier molecular flexibility index (Phi) is 6.97. The summed E-state index contributed by atoms with van der Waals surface area (Å²) in [7, 11) is 0. The number of nitrogens with zero attached hydrogens (tertiary/aromatic N) is 4. The number of benzene rings is 2. The molecule has 2 aromatic carbocycles. The van der Waals surface area contributed by atoms with Crippen LogP contribution in [0.15, 0.2) is 48.5 Å². The van der Waals surface area contributed by atoms with Crippen molar-refractivity contribution in [1.29, 1.82) is 0 Å².